The molecule has 1 saturated heterocycles. The Morgan fingerprint density at radius 1 is 0.958 bits per heavy atom. The average Bonchev–Trinajstić information content (AvgIpc) is 2.63. The second-order valence-electron chi connectivity index (χ2n) is 7.28. The summed E-state index contributed by atoms with van der Waals surface area (Å²) in [6, 6.07) is 8.09. The number of amides is 2. The van der Waals surface area contributed by atoms with E-state index in [-0.39, 0.29) is 17.7 Å². The molecule has 1 aromatic carbocycles. The number of likely N-dealkylation sites (tertiary alicyclic amines) is 1. The molecular weight excluding hydrogens is 300 g/mol. The van der Waals surface area contributed by atoms with E-state index in [0.717, 1.165) is 36.8 Å². The van der Waals surface area contributed by atoms with Gasteiger partial charge in [0.25, 0.3) is 5.91 Å². The Balaban J connectivity index is 1.48. The molecule has 130 valence electrons. The van der Waals surface area contributed by atoms with E-state index in [1.165, 1.54) is 19.3 Å². The molecule has 1 aromatic rings. The Labute approximate surface area is 144 Å². The quantitative estimate of drug-likeness (QED) is 0.925. The van der Waals surface area contributed by atoms with Gasteiger partial charge in [-0.2, -0.15) is 0 Å². The minimum atomic E-state index is 0.0639. The van der Waals surface area contributed by atoms with Gasteiger partial charge >= 0.3 is 0 Å². The summed E-state index contributed by atoms with van der Waals surface area (Å²) in [5.41, 5.74) is 1.90. The number of piperidine rings is 1. The molecule has 24 heavy (non-hydrogen) atoms. The van der Waals surface area contributed by atoms with Crippen LogP contribution in [-0.2, 0) is 4.79 Å². The number of nitrogens with zero attached hydrogens (tertiary/aromatic N) is 1. The molecule has 1 heterocycles. The highest BCUT2D eigenvalue weighted by Crippen LogP contribution is 2.22. The van der Waals surface area contributed by atoms with Crippen LogP contribution in [0, 0.1) is 12.8 Å². The van der Waals surface area contributed by atoms with Crippen molar-refractivity contribution in [2.45, 2.75) is 57.9 Å². The van der Waals surface area contributed by atoms with E-state index in [2.05, 4.69) is 5.32 Å². The molecule has 4 heteroatoms. The van der Waals surface area contributed by atoms with Crippen molar-refractivity contribution in [1.29, 1.82) is 0 Å². The SMILES string of the molecule is Cc1ccc(C(=O)N2CCC(C(=O)NC3CCCCC3)CC2)cc1. The summed E-state index contributed by atoms with van der Waals surface area (Å²) in [7, 11) is 0. The van der Waals surface area contributed by atoms with Crippen LogP contribution in [0.5, 0.6) is 0 Å². The van der Waals surface area contributed by atoms with Crippen LogP contribution in [0.25, 0.3) is 0 Å². The highest BCUT2D eigenvalue weighted by Gasteiger charge is 2.29. The third kappa shape index (κ3) is 4.16. The van der Waals surface area contributed by atoms with E-state index in [1.807, 2.05) is 36.1 Å². The van der Waals surface area contributed by atoms with Gasteiger partial charge in [-0.25, -0.2) is 0 Å². The van der Waals surface area contributed by atoms with Crippen LogP contribution in [0.1, 0.15) is 60.9 Å². The molecule has 0 radical (unpaired) electrons. The fourth-order valence-corrected chi connectivity index (χ4v) is 3.79. The Morgan fingerprint density at radius 2 is 1.58 bits per heavy atom. The summed E-state index contributed by atoms with van der Waals surface area (Å²) in [6.45, 7) is 3.37. The number of hydrogen-bond acceptors (Lipinski definition) is 2. The van der Waals surface area contributed by atoms with E-state index >= 15 is 0 Å². The van der Waals surface area contributed by atoms with Gasteiger partial charge in [0.2, 0.25) is 5.91 Å². The van der Waals surface area contributed by atoms with Gasteiger partial charge in [0.15, 0.2) is 0 Å². The molecule has 1 aliphatic carbocycles. The Morgan fingerprint density at radius 3 is 2.21 bits per heavy atom. The third-order valence-electron chi connectivity index (χ3n) is 5.40. The molecule has 0 spiro atoms. The van der Waals surface area contributed by atoms with E-state index in [1.54, 1.807) is 0 Å². The van der Waals surface area contributed by atoms with E-state index in [0.29, 0.717) is 19.1 Å². The first-order valence-corrected chi connectivity index (χ1v) is 9.30. The lowest BCUT2D eigenvalue weighted by atomic mass is 9.92. The van der Waals surface area contributed by atoms with Crippen LogP contribution >= 0.6 is 0 Å². The monoisotopic (exact) mass is 328 g/mol. The molecular formula is C20H28N2O2. The summed E-state index contributed by atoms with van der Waals surface area (Å²) in [6.07, 6.45) is 7.55. The zero-order chi connectivity index (χ0) is 16.9. The molecule has 4 nitrogen and oxygen atoms in total. The summed E-state index contributed by atoms with van der Waals surface area (Å²) in [5.74, 6) is 0.347. The van der Waals surface area contributed by atoms with E-state index < -0.39 is 0 Å². The fraction of sp³-hybridized carbons (Fsp3) is 0.600. The van der Waals surface area contributed by atoms with Crippen molar-refractivity contribution in [2.75, 3.05) is 13.1 Å². The van der Waals surface area contributed by atoms with Crippen LogP contribution in [0.3, 0.4) is 0 Å². The summed E-state index contributed by atoms with van der Waals surface area (Å²) < 4.78 is 0. The van der Waals surface area contributed by atoms with Crippen molar-refractivity contribution in [3.05, 3.63) is 35.4 Å². The topological polar surface area (TPSA) is 49.4 Å². The number of carbonyl (C=O) groups excluding carboxylic acids is 2. The second kappa shape index (κ2) is 7.82. The minimum Gasteiger partial charge on any atom is -0.353 e. The number of nitrogens with one attached hydrogen (secondary N) is 1. The molecule has 0 bridgehead atoms. The summed E-state index contributed by atoms with van der Waals surface area (Å²) >= 11 is 0. The fourth-order valence-electron chi connectivity index (χ4n) is 3.79. The molecule has 0 aromatic heterocycles. The number of hydrogen-bond donors (Lipinski definition) is 1. The smallest absolute Gasteiger partial charge is 0.253 e. The van der Waals surface area contributed by atoms with Gasteiger partial charge in [-0.05, 0) is 44.7 Å². The van der Waals surface area contributed by atoms with Gasteiger partial charge in [0, 0.05) is 30.6 Å². The maximum Gasteiger partial charge on any atom is 0.253 e. The maximum absolute atomic E-state index is 12.5. The number of rotatable bonds is 3. The second-order valence-corrected chi connectivity index (χ2v) is 7.28. The first-order chi connectivity index (χ1) is 11.6. The van der Waals surface area contributed by atoms with Gasteiger partial charge in [-0.3, -0.25) is 9.59 Å². The Bertz CT molecular complexity index is 568. The maximum atomic E-state index is 12.5. The molecule has 3 rings (SSSR count). The van der Waals surface area contributed by atoms with Crippen LogP contribution in [0.4, 0.5) is 0 Å². The molecule has 1 aliphatic heterocycles. The zero-order valence-corrected chi connectivity index (χ0v) is 14.6. The van der Waals surface area contributed by atoms with Crippen LogP contribution in [0.2, 0.25) is 0 Å². The van der Waals surface area contributed by atoms with E-state index in [9.17, 15) is 9.59 Å². The first kappa shape index (κ1) is 17.0. The summed E-state index contributed by atoms with van der Waals surface area (Å²) in [5, 5.41) is 3.23. The van der Waals surface area contributed by atoms with Gasteiger partial charge in [-0.15, -0.1) is 0 Å². The van der Waals surface area contributed by atoms with Crippen molar-refractivity contribution in [1.82, 2.24) is 10.2 Å². The van der Waals surface area contributed by atoms with Gasteiger partial charge in [0.05, 0.1) is 0 Å². The number of benzene rings is 1. The number of aryl methyl sites for hydroxylation is 1. The molecule has 2 amide bonds. The third-order valence-corrected chi connectivity index (χ3v) is 5.40. The minimum absolute atomic E-state index is 0.0639. The molecule has 1 saturated carbocycles. The molecule has 2 fully saturated rings. The normalized spacial score (nSPS) is 20.0. The number of carbonyl (C=O) groups is 2. The molecule has 2 aliphatic rings. The van der Waals surface area contributed by atoms with Crippen LogP contribution in [-0.4, -0.2) is 35.8 Å². The highest BCUT2D eigenvalue weighted by molar-refractivity contribution is 5.94. The van der Waals surface area contributed by atoms with Crippen LogP contribution < -0.4 is 5.32 Å². The largest absolute Gasteiger partial charge is 0.353 e. The van der Waals surface area contributed by atoms with Crippen molar-refractivity contribution in [3.8, 4) is 0 Å². The predicted molar refractivity (Wildman–Crippen MR) is 94.8 cm³/mol. The van der Waals surface area contributed by atoms with Gasteiger partial charge in [-0.1, -0.05) is 37.0 Å². The lowest BCUT2D eigenvalue weighted by Gasteiger charge is -2.33. The zero-order valence-electron chi connectivity index (χ0n) is 14.6. The lowest BCUT2D eigenvalue weighted by Crippen LogP contribution is -2.45. The first-order valence-electron chi connectivity index (χ1n) is 9.30. The van der Waals surface area contributed by atoms with Gasteiger partial charge in [0.1, 0.15) is 0 Å². The highest BCUT2D eigenvalue weighted by atomic mass is 16.2. The van der Waals surface area contributed by atoms with Crippen molar-refractivity contribution >= 4 is 11.8 Å². The van der Waals surface area contributed by atoms with Crippen molar-refractivity contribution in [2.24, 2.45) is 5.92 Å². The summed E-state index contributed by atoms with van der Waals surface area (Å²) in [4.78, 5) is 26.8. The van der Waals surface area contributed by atoms with E-state index in [4.69, 9.17) is 0 Å². The Kier molecular flexibility index (Phi) is 5.54. The molecule has 1 N–H and O–H groups in total. The molecule has 0 atom stereocenters. The van der Waals surface area contributed by atoms with Crippen LogP contribution in [0.15, 0.2) is 24.3 Å². The standard InChI is InChI=1S/C20H28N2O2/c1-15-7-9-17(10-8-15)20(24)22-13-11-16(12-14-22)19(23)21-18-5-3-2-4-6-18/h7-10,16,18H,2-6,11-14H2,1H3,(H,21,23). The predicted octanol–water partition coefficient (Wildman–Crippen LogP) is 3.30. The van der Waals surface area contributed by atoms with Gasteiger partial charge < -0.3 is 10.2 Å². The molecule has 0 unspecified atom stereocenters. The Hall–Kier alpha value is -1.84. The van der Waals surface area contributed by atoms with Crippen molar-refractivity contribution < 1.29 is 9.59 Å². The average molecular weight is 328 g/mol. The van der Waals surface area contributed by atoms with Crippen molar-refractivity contribution in [3.63, 3.8) is 0 Å². The lowest BCUT2D eigenvalue weighted by molar-refractivity contribution is -0.127.